The van der Waals surface area contributed by atoms with E-state index in [0.717, 1.165) is 38.2 Å². The van der Waals surface area contributed by atoms with E-state index in [2.05, 4.69) is 23.8 Å². The molecule has 0 amide bonds. The second kappa shape index (κ2) is 6.17. The smallest absolute Gasteiger partial charge is 0.179 e. The van der Waals surface area contributed by atoms with Crippen LogP contribution in [-0.4, -0.2) is 54.9 Å². The number of benzene rings is 1. The Kier molecular flexibility index (Phi) is 4.56. The van der Waals surface area contributed by atoms with Crippen LogP contribution in [0.25, 0.3) is 0 Å². The number of carbonyl (C=O) groups excluding carboxylic acids is 1. The van der Waals surface area contributed by atoms with Gasteiger partial charge in [0.05, 0.1) is 6.04 Å². The summed E-state index contributed by atoms with van der Waals surface area (Å²) in [6.07, 6.45) is 0.854. The fourth-order valence-electron chi connectivity index (χ4n) is 2.58. The average molecular weight is 261 g/mol. The zero-order chi connectivity index (χ0) is 13.8. The van der Waals surface area contributed by atoms with Crippen molar-refractivity contribution in [1.29, 1.82) is 0 Å². The molecular formula is C15H23N3O. The number of nitrogen functional groups attached to an aromatic ring is 1. The van der Waals surface area contributed by atoms with Gasteiger partial charge in [0.15, 0.2) is 5.78 Å². The van der Waals surface area contributed by atoms with E-state index in [9.17, 15) is 4.79 Å². The average Bonchev–Trinajstić information content (AvgIpc) is 2.42. The molecule has 0 saturated carbocycles. The Morgan fingerprint density at radius 3 is 2.32 bits per heavy atom. The summed E-state index contributed by atoms with van der Waals surface area (Å²) in [7, 11) is 2.13. The number of piperazine rings is 1. The third kappa shape index (κ3) is 3.33. The standard InChI is InChI=1S/C15H23N3O/c1-3-14(18-10-8-17(2)9-11-18)15(19)12-4-6-13(16)7-5-12/h4-7,14H,3,8-11,16H2,1-2H3. The predicted octanol–water partition coefficient (Wildman–Crippen LogP) is 1.48. The zero-order valence-electron chi connectivity index (χ0n) is 11.8. The van der Waals surface area contributed by atoms with Crippen LogP contribution in [0.4, 0.5) is 5.69 Å². The molecule has 1 heterocycles. The molecule has 1 aromatic carbocycles. The summed E-state index contributed by atoms with van der Waals surface area (Å²) >= 11 is 0. The van der Waals surface area contributed by atoms with Crippen molar-refractivity contribution in [2.45, 2.75) is 19.4 Å². The van der Waals surface area contributed by atoms with Crippen LogP contribution >= 0.6 is 0 Å². The van der Waals surface area contributed by atoms with Crippen molar-refractivity contribution in [1.82, 2.24) is 9.80 Å². The van der Waals surface area contributed by atoms with E-state index in [0.29, 0.717) is 5.69 Å². The maximum atomic E-state index is 12.6. The van der Waals surface area contributed by atoms with E-state index in [4.69, 9.17) is 5.73 Å². The van der Waals surface area contributed by atoms with Crippen molar-refractivity contribution in [3.8, 4) is 0 Å². The molecule has 1 aliphatic rings. The minimum absolute atomic E-state index is 0.00248. The van der Waals surface area contributed by atoms with Crippen LogP contribution in [0.3, 0.4) is 0 Å². The monoisotopic (exact) mass is 261 g/mol. The van der Waals surface area contributed by atoms with E-state index in [1.54, 1.807) is 12.1 Å². The highest BCUT2D eigenvalue weighted by molar-refractivity contribution is 6.00. The molecule has 1 saturated heterocycles. The Labute approximate surface area is 115 Å². The molecule has 4 heteroatoms. The first-order valence-corrected chi connectivity index (χ1v) is 6.94. The summed E-state index contributed by atoms with van der Waals surface area (Å²) in [6.45, 7) is 6.08. The molecule has 4 nitrogen and oxygen atoms in total. The molecule has 0 bridgehead atoms. The lowest BCUT2D eigenvalue weighted by molar-refractivity contribution is 0.0698. The summed E-state index contributed by atoms with van der Waals surface area (Å²) in [4.78, 5) is 17.2. The highest BCUT2D eigenvalue weighted by Gasteiger charge is 2.27. The van der Waals surface area contributed by atoms with Crippen molar-refractivity contribution >= 4 is 11.5 Å². The van der Waals surface area contributed by atoms with Gasteiger partial charge in [-0.2, -0.15) is 0 Å². The number of Topliss-reactive ketones (excluding diaryl/α,β-unsaturated/α-hetero) is 1. The van der Waals surface area contributed by atoms with E-state index in [1.807, 2.05) is 12.1 Å². The van der Waals surface area contributed by atoms with Crippen LogP contribution in [0.15, 0.2) is 24.3 Å². The molecule has 1 atom stereocenters. The van der Waals surface area contributed by atoms with Crippen molar-refractivity contribution in [3.63, 3.8) is 0 Å². The number of nitrogens with zero attached hydrogens (tertiary/aromatic N) is 2. The molecule has 19 heavy (non-hydrogen) atoms. The van der Waals surface area contributed by atoms with Gasteiger partial charge in [0, 0.05) is 37.4 Å². The second-order valence-electron chi connectivity index (χ2n) is 5.25. The van der Waals surface area contributed by atoms with Gasteiger partial charge < -0.3 is 10.6 Å². The predicted molar refractivity (Wildman–Crippen MR) is 78.3 cm³/mol. The highest BCUT2D eigenvalue weighted by Crippen LogP contribution is 2.15. The maximum Gasteiger partial charge on any atom is 0.179 e. The number of hydrogen-bond acceptors (Lipinski definition) is 4. The van der Waals surface area contributed by atoms with E-state index >= 15 is 0 Å². The van der Waals surface area contributed by atoms with Crippen molar-refractivity contribution in [2.24, 2.45) is 0 Å². The van der Waals surface area contributed by atoms with Gasteiger partial charge in [-0.25, -0.2) is 0 Å². The van der Waals surface area contributed by atoms with Gasteiger partial charge in [0.1, 0.15) is 0 Å². The quantitative estimate of drug-likeness (QED) is 0.659. The van der Waals surface area contributed by atoms with Crippen LogP contribution in [0, 0.1) is 0 Å². The number of hydrogen-bond donors (Lipinski definition) is 1. The van der Waals surface area contributed by atoms with E-state index < -0.39 is 0 Å². The van der Waals surface area contributed by atoms with Gasteiger partial charge in [0.25, 0.3) is 0 Å². The van der Waals surface area contributed by atoms with Crippen LogP contribution < -0.4 is 5.73 Å². The van der Waals surface area contributed by atoms with Crippen LogP contribution in [0.5, 0.6) is 0 Å². The van der Waals surface area contributed by atoms with Crippen LogP contribution in [0.2, 0.25) is 0 Å². The highest BCUT2D eigenvalue weighted by atomic mass is 16.1. The molecule has 1 aliphatic heterocycles. The minimum atomic E-state index is -0.00248. The fourth-order valence-corrected chi connectivity index (χ4v) is 2.58. The minimum Gasteiger partial charge on any atom is -0.399 e. The van der Waals surface area contributed by atoms with Gasteiger partial charge in [0.2, 0.25) is 0 Å². The fraction of sp³-hybridized carbons (Fsp3) is 0.533. The summed E-state index contributed by atoms with van der Waals surface area (Å²) in [6, 6.07) is 7.25. The van der Waals surface area contributed by atoms with Crippen molar-refractivity contribution in [3.05, 3.63) is 29.8 Å². The lowest BCUT2D eigenvalue weighted by atomic mass is 10.00. The number of nitrogens with two attached hydrogens (primary N) is 1. The maximum absolute atomic E-state index is 12.6. The molecule has 1 unspecified atom stereocenters. The Balaban J connectivity index is 2.08. The first-order valence-electron chi connectivity index (χ1n) is 6.94. The lowest BCUT2D eigenvalue weighted by Gasteiger charge is -2.36. The Hall–Kier alpha value is -1.39. The number of ketones is 1. The summed E-state index contributed by atoms with van der Waals surface area (Å²) in [5, 5.41) is 0. The summed E-state index contributed by atoms with van der Waals surface area (Å²) < 4.78 is 0. The van der Waals surface area contributed by atoms with Gasteiger partial charge in [-0.05, 0) is 37.7 Å². The molecule has 0 spiro atoms. The molecule has 104 valence electrons. The van der Waals surface area contributed by atoms with Gasteiger partial charge in [-0.1, -0.05) is 6.92 Å². The normalized spacial score (nSPS) is 19.3. The van der Waals surface area contributed by atoms with Gasteiger partial charge >= 0.3 is 0 Å². The Bertz CT molecular complexity index is 422. The van der Waals surface area contributed by atoms with Crippen molar-refractivity contribution in [2.75, 3.05) is 39.0 Å². The van der Waals surface area contributed by atoms with Crippen LogP contribution in [0.1, 0.15) is 23.7 Å². The second-order valence-corrected chi connectivity index (χ2v) is 5.25. The summed E-state index contributed by atoms with van der Waals surface area (Å²) in [5.74, 6) is 0.215. The molecule has 1 fully saturated rings. The van der Waals surface area contributed by atoms with Crippen LogP contribution in [-0.2, 0) is 0 Å². The first kappa shape index (κ1) is 14.0. The Morgan fingerprint density at radius 1 is 1.21 bits per heavy atom. The van der Waals surface area contributed by atoms with E-state index in [1.165, 1.54) is 0 Å². The molecule has 0 aliphatic carbocycles. The van der Waals surface area contributed by atoms with Crippen molar-refractivity contribution < 1.29 is 4.79 Å². The zero-order valence-corrected chi connectivity index (χ0v) is 11.8. The molecule has 0 aromatic heterocycles. The molecule has 2 rings (SSSR count). The molecule has 2 N–H and O–H groups in total. The molecular weight excluding hydrogens is 238 g/mol. The topological polar surface area (TPSA) is 49.6 Å². The lowest BCUT2D eigenvalue weighted by Crippen LogP contribution is -2.51. The number of rotatable bonds is 4. The number of likely N-dealkylation sites (N-methyl/N-ethyl adjacent to an activating group) is 1. The SMILES string of the molecule is CCC(C(=O)c1ccc(N)cc1)N1CCN(C)CC1. The van der Waals surface area contributed by atoms with E-state index in [-0.39, 0.29) is 11.8 Å². The molecule has 1 aromatic rings. The number of carbonyl (C=O) groups is 1. The number of anilines is 1. The summed E-state index contributed by atoms with van der Waals surface area (Å²) in [5.41, 5.74) is 7.13. The van der Waals surface area contributed by atoms with Gasteiger partial charge in [-0.3, -0.25) is 9.69 Å². The third-order valence-corrected chi connectivity index (χ3v) is 3.86. The molecule has 0 radical (unpaired) electrons. The Morgan fingerprint density at radius 2 is 1.79 bits per heavy atom. The van der Waals surface area contributed by atoms with Gasteiger partial charge in [-0.15, -0.1) is 0 Å². The largest absolute Gasteiger partial charge is 0.399 e. The first-order chi connectivity index (χ1) is 9.11. The third-order valence-electron chi connectivity index (χ3n) is 3.86.